The van der Waals surface area contributed by atoms with Gasteiger partial charge in [0.25, 0.3) is 5.91 Å². The lowest BCUT2D eigenvalue weighted by atomic mass is 10.2. The molecule has 6 heteroatoms. The standard InChI is InChI=1S/C15H20N4O2/c1-10-7-11(2)19(17-10)12(3)8-16-15(21)13-5-6-14(20)18(4)9-13/h5-7,9,12H,8H2,1-4H3,(H,16,21). The highest BCUT2D eigenvalue weighted by atomic mass is 16.2. The number of nitrogens with one attached hydrogen (secondary N) is 1. The fraction of sp³-hybridized carbons (Fsp3) is 0.400. The average Bonchev–Trinajstić information content (AvgIpc) is 2.77. The van der Waals surface area contributed by atoms with Crippen molar-refractivity contribution in [2.24, 2.45) is 7.05 Å². The molecule has 0 spiro atoms. The molecular weight excluding hydrogens is 268 g/mol. The summed E-state index contributed by atoms with van der Waals surface area (Å²) in [7, 11) is 1.62. The highest BCUT2D eigenvalue weighted by molar-refractivity contribution is 5.93. The van der Waals surface area contributed by atoms with Gasteiger partial charge in [0, 0.05) is 31.5 Å². The van der Waals surface area contributed by atoms with Gasteiger partial charge in [0.1, 0.15) is 0 Å². The van der Waals surface area contributed by atoms with Gasteiger partial charge >= 0.3 is 0 Å². The van der Waals surface area contributed by atoms with Crippen LogP contribution in [-0.4, -0.2) is 26.8 Å². The van der Waals surface area contributed by atoms with E-state index >= 15 is 0 Å². The third-order valence-electron chi connectivity index (χ3n) is 3.37. The van der Waals surface area contributed by atoms with Crippen LogP contribution in [0.15, 0.2) is 29.2 Å². The summed E-state index contributed by atoms with van der Waals surface area (Å²) in [6.45, 7) is 6.41. The Balaban J connectivity index is 2.02. The first-order valence-corrected chi connectivity index (χ1v) is 6.86. The molecule has 2 aromatic heterocycles. The number of rotatable bonds is 4. The lowest BCUT2D eigenvalue weighted by molar-refractivity contribution is 0.0947. The van der Waals surface area contributed by atoms with E-state index in [0.29, 0.717) is 12.1 Å². The summed E-state index contributed by atoms with van der Waals surface area (Å²) >= 11 is 0. The maximum Gasteiger partial charge on any atom is 0.252 e. The lowest BCUT2D eigenvalue weighted by Gasteiger charge is -2.15. The van der Waals surface area contributed by atoms with Gasteiger partial charge in [0.15, 0.2) is 0 Å². The molecule has 0 fully saturated rings. The van der Waals surface area contributed by atoms with E-state index in [1.807, 2.05) is 31.5 Å². The zero-order valence-electron chi connectivity index (χ0n) is 12.8. The molecule has 1 unspecified atom stereocenters. The third kappa shape index (κ3) is 3.39. The van der Waals surface area contributed by atoms with Crippen LogP contribution in [0.1, 0.15) is 34.7 Å². The summed E-state index contributed by atoms with van der Waals surface area (Å²) in [4.78, 5) is 23.4. The van der Waals surface area contributed by atoms with Gasteiger partial charge in [-0.15, -0.1) is 0 Å². The summed E-state index contributed by atoms with van der Waals surface area (Å²) in [6.07, 6.45) is 1.53. The van der Waals surface area contributed by atoms with Crippen LogP contribution in [0.2, 0.25) is 0 Å². The van der Waals surface area contributed by atoms with Gasteiger partial charge in [0.05, 0.1) is 17.3 Å². The van der Waals surface area contributed by atoms with Gasteiger partial charge < -0.3 is 9.88 Å². The first-order valence-electron chi connectivity index (χ1n) is 6.86. The predicted molar refractivity (Wildman–Crippen MR) is 80.4 cm³/mol. The van der Waals surface area contributed by atoms with Crippen LogP contribution in [0.25, 0.3) is 0 Å². The van der Waals surface area contributed by atoms with Crippen LogP contribution in [0, 0.1) is 13.8 Å². The summed E-state index contributed by atoms with van der Waals surface area (Å²) in [5, 5.41) is 7.27. The quantitative estimate of drug-likeness (QED) is 0.919. The number of carbonyl (C=O) groups is 1. The van der Waals surface area contributed by atoms with Crippen LogP contribution in [0.5, 0.6) is 0 Å². The Hall–Kier alpha value is -2.37. The Kier molecular flexibility index (Phi) is 4.26. The zero-order chi connectivity index (χ0) is 15.6. The van der Waals surface area contributed by atoms with Crippen molar-refractivity contribution in [3.05, 3.63) is 51.7 Å². The summed E-state index contributed by atoms with van der Waals surface area (Å²) < 4.78 is 3.29. The Labute approximate surface area is 123 Å². The van der Waals surface area contributed by atoms with Crippen LogP contribution in [0.4, 0.5) is 0 Å². The van der Waals surface area contributed by atoms with Gasteiger partial charge in [-0.25, -0.2) is 0 Å². The first-order chi connectivity index (χ1) is 9.88. The van der Waals surface area contributed by atoms with Crippen molar-refractivity contribution < 1.29 is 4.79 Å². The molecular formula is C15H20N4O2. The third-order valence-corrected chi connectivity index (χ3v) is 3.37. The maximum absolute atomic E-state index is 12.1. The van der Waals surface area contributed by atoms with E-state index in [1.165, 1.54) is 22.9 Å². The maximum atomic E-state index is 12.1. The van der Waals surface area contributed by atoms with Crippen molar-refractivity contribution in [1.29, 1.82) is 0 Å². The van der Waals surface area contributed by atoms with E-state index in [0.717, 1.165) is 11.4 Å². The second kappa shape index (κ2) is 5.95. The Bertz CT molecular complexity index is 715. The summed E-state index contributed by atoms with van der Waals surface area (Å²) in [5.41, 5.74) is 2.36. The molecule has 112 valence electrons. The van der Waals surface area contributed by atoms with Crippen molar-refractivity contribution in [2.45, 2.75) is 26.8 Å². The molecule has 2 heterocycles. The van der Waals surface area contributed by atoms with Crippen molar-refractivity contribution in [3.63, 3.8) is 0 Å². The van der Waals surface area contributed by atoms with Gasteiger partial charge in [-0.05, 0) is 32.9 Å². The summed E-state index contributed by atoms with van der Waals surface area (Å²) in [6, 6.07) is 4.99. The second-order valence-corrected chi connectivity index (χ2v) is 5.30. The molecule has 2 aromatic rings. The van der Waals surface area contributed by atoms with Gasteiger partial charge in [-0.1, -0.05) is 0 Å². The molecule has 1 atom stereocenters. The van der Waals surface area contributed by atoms with E-state index in [-0.39, 0.29) is 17.5 Å². The molecule has 0 saturated carbocycles. The first kappa shape index (κ1) is 15.0. The molecule has 21 heavy (non-hydrogen) atoms. The number of hydrogen-bond donors (Lipinski definition) is 1. The molecule has 0 bridgehead atoms. The largest absolute Gasteiger partial charge is 0.350 e. The SMILES string of the molecule is Cc1cc(C)n(C(C)CNC(=O)c2ccc(=O)n(C)c2)n1. The smallest absolute Gasteiger partial charge is 0.252 e. The fourth-order valence-electron chi connectivity index (χ4n) is 2.25. The number of amides is 1. The minimum absolute atomic E-state index is 0.0650. The topological polar surface area (TPSA) is 68.9 Å². The van der Waals surface area contributed by atoms with Gasteiger partial charge in [-0.3, -0.25) is 14.3 Å². The fourth-order valence-corrected chi connectivity index (χ4v) is 2.25. The van der Waals surface area contributed by atoms with Gasteiger partial charge in [0.2, 0.25) is 5.56 Å². The van der Waals surface area contributed by atoms with Gasteiger partial charge in [-0.2, -0.15) is 5.10 Å². The number of nitrogens with zero attached hydrogens (tertiary/aromatic N) is 3. The van der Waals surface area contributed by atoms with E-state index in [2.05, 4.69) is 10.4 Å². The molecule has 0 aliphatic heterocycles. The molecule has 1 amide bonds. The highest BCUT2D eigenvalue weighted by Crippen LogP contribution is 2.09. The van der Waals surface area contributed by atoms with Crippen LogP contribution in [-0.2, 0) is 7.05 Å². The number of aromatic nitrogens is 3. The number of aryl methyl sites for hydroxylation is 3. The van der Waals surface area contributed by atoms with E-state index in [4.69, 9.17) is 0 Å². The monoisotopic (exact) mass is 288 g/mol. The minimum atomic E-state index is -0.195. The Morgan fingerprint density at radius 1 is 1.38 bits per heavy atom. The van der Waals surface area contributed by atoms with E-state index in [1.54, 1.807) is 7.05 Å². The minimum Gasteiger partial charge on any atom is -0.350 e. The predicted octanol–water partition coefficient (Wildman–Crippen LogP) is 1.19. The van der Waals surface area contributed by atoms with E-state index in [9.17, 15) is 9.59 Å². The molecule has 6 nitrogen and oxygen atoms in total. The molecule has 0 saturated heterocycles. The lowest BCUT2D eigenvalue weighted by Crippen LogP contribution is -2.31. The van der Waals surface area contributed by atoms with E-state index < -0.39 is 0 Å². The van der Waals surface area contributed by atoms with Crippen molar-refractivity contribution >= 4 is 5.91 Å². The molecule has 0 radical (unpaired) electrons. The van der Waals surface area contributed by atoms with Crippen LogP contribution < -0.4 is 10.9 Å². The molecule has 2 rings (SSSR count). The van der Waals surface area contributed by atoms with Crippen molar-refractivity contribution in [1.82, 2.24) is 19.7 Å². The zero-order valence-corrected chi connectivity index (χ0v) is 12.8. The number of pyridine rings is 1. The van der Waals surface area contributed by atoms with Crippen molar-refractivity contribution in [2.75, 3.05) is 6.54 Å². The molecule has 1 N–H and O–H groups in total. The molecule has 0 aliphatic carbocycles. The van der Waals surface area contributed by atoms with Crippen molar-refractivity contribution in [3.8, 4) is 0 Å². The van der Waals surface area contributed by atoms with Crippen LogP contribution >= 0.6 is 0 Å². The Morgan fingerprint density at radius 3 is 2.67 bits per heavy atom. The normalized spacial score (nSPS) is 12.2. The molecule has 0 aliphatic rings. The number of carbonyl (C=O) groups excluding carboxylic acids is 1. The molecule has 0 aromatic carbocycles. The number of hydrogen-bond acceptors (Lipinski definition) is 3. The van der Waals surface area contributed by atoms with Crippen LogP contribution in [0.3, 0.4) is 0 Å². The summed E-state index contributed by atoms with van der Waals surface area (Å²) in [5.74, 6) is -0.195. The average molecular weight is 288 g/mol. The highest BCUT2D eigenvalue weighted by Gasteiger charge is 2.12. The Morgan fingerprint density at radius 2 is 2.10 bits per heavy atom. The second-order valence-electron chi connectivity index (χ2n) is 5.30.